The van der Waals surface area contributed by atoms with Crippen LogP contribution in [-0.4, -0.2) is 18.5 Å². The molecule has 18 heavy (non-hydrogen) atoms. The summed E-state index contributed by atoms with van der Waals surface area (Å²) >= 11 is 0. The predicted molar refractivity (Wildman–Crippen MR) is 68.5 cm³/mol. The van der Waals surface area contributed by atoms with Crippen molar-refractivity contribution in [2.45, 2.75) is 13.0 Å². The predicted octanol–water partition coefficient (Wildman–Crippen LogP) is 0.870. The molecule has 0 unspecified atom stereocenters. The van der Waals surface area contributed by atoms with Crippen molar-refractivity contribution in [2.75, 3.05) is 6.54 Å². The van der Waals surface area contributed by atoms with Crippen LogP contribution in [0.15, 0.2) is 39.5 Å². The van der Waals surface area contributed by atoms with E-state index < -0.39 is 5.91 Å². The summed E-state index contributed by atoms with van der Waals surface area (Å²) in [5, 5.41) is 3.10. The molecule has 0 bridgehead atoms. The van der Waals surface area contributed by atoms with Gasteiger partial charge in [0.2, 0.25) is 0 Å². The largest absolute Gasteiger partial charge is 0.451 e. The molecule has 94 valence electrons. The Hall–Kier alpha value is -2.14. The Labute approximate surface area is 104 Å². The summed E-state index contributed by atoms with van der Waals surface area (Å²) in [5.74, 6) is -0.435. The fourth-order valence-corrected chi connectivity index (χ4v) is 1.57. The molecule has 0 fully saturated rings. The second-order valence-corrected chi connectivity index (χ2v) is 4.08. The number of hydrogen-bond acceptors (Lipinski definition) is 4. The molecule has 0 saturated carbocycles. The monoisotopic (exact) mass is 246 g/mol. The third-order valence-electron chi connectivity index (χ3n) is 2.59. The van der Waals surface area contributed by atoms with E-state index in [1.165, 1.54) is 6.07 Å². The topological polar surface area (TPSA) is 85.3 Å². The van der Waals surface area contributed by atoms with Crippen LogP contribution in [0, 0.1) is 0 Å². The Kier molecular flexibility index (Phi) is 3.43. The van der Waals surface area contributed by atoms with E-state index in [0.29, 0.717) is 17.5 Å². The summed E-state index contributed by atoms with van der Waals surface area (Å²) in [6, 6.07) is 7.83. The molecule has 2 aromatic rings. The van der Waals surface area contributed by atoms with E-state index in [0.717, 1.165) is 0 Å². The van der Waals surface area contributed by atoms with Crippen molar-refractivity contribution in [2.24, 2.45) is 5.73 Å². The van der Waals surface area contributed by atoms with Crippen LogP contribution in [0.4, 0.5) is 0 Å². The number of nitrogens with two attached hydrogens (primary N) is 1. The minimum absolute atomic E-state index is 0.000926. The maximum Gasteiger partial charge on any atom is 0.287 e. The molecule has 1 aromatic heterocycles. The molecule has 0 spiro atoms. The van der Waals surface area contributed by atoms with Crippen LogP contribution in [0.2, 0.25) is 0 Å². The summed E-state index contributed by atoms with van der Waals surface area (Å²) in [5.41, 5.74) is 5.58. The zero-order valence-electron chi connectivity index (χ0n) is 9.97. The molecule has 3 N–H and O–H groups in total. The van der Waals surface area contributed by atoms with Crippen LogP contribution >= 0.6 is 0 Å². The highest BCUT2D eigenvalue weighted by atomic mass is 16.3. The number of para-hydroxylation sites is 1. The molecule has 0 radical (unpaired) electrons. The summed E-state index contributed by atoms with van der Waals surface area (Å²) < 4.78 is 5.40. The van der Waals surface area contributed by atoms with Crippen LogP contribution in [0.1, 0.15) is 17.5 Å². The first-order chi connectivity index (χ1) is 8.61. The fraction of sp³-hybridized carbons (Fsp3) is 0.231. The SMILES string of the molecule is C[C@H](CN)NC(=O)c1cc(=O)c2ccccc2o1. The van der Waals surface area contributed by atoms with Crippen molar-refractivity contribution in [1.29, 1.82) is 0 Å². The normalized spacial score (nSPS) is 12.3. The van der Waals surface area contributed by atoms with E-state index in [-0.39, 0.29) is 17.2 Å². The first kappa shape index (κ1) is 12.3. The van der Waals surface area contributed by atoms with Gasteiger partial charge in [0.25, 0.3) is 5.91 Å². The Morgan fingerprint density at radius 1 is 1.44 bits per heavy atom. The summed E-state index contributed by atoms with van der Waals surface area (Å²) in [6.07, 6.45) is 0. The third-order valence-corrected chi connectivity index (χ3v) is 2.59. The second kappa shape index (κ2) is 5.01. The van der Waals surface area contributed by atoms with Crippen molar-refractivity contribution in [3.8, 4) is 0 Å². The molecule has 5 heteroatoms. The minimum Gasteiger partial charge on any atom is -0.451 e. The van der Waals surface area contributed by atoms with Crippen molar-refractivity contribution in [1.82, 2.24) is 5.32 Å². The molecule has 1 heterocycles. The van der Waals surface area contributed by atoms with Gasteiger partial charge in [-0.15, -0.1) is 0 Å². The molecule has 1 amide bonds. The second-order valence-electron chi connectivity index (χ2n) is 4.08. The Bertz CT molecular complexity index is 633. The van der Waals surface area contributed by atoms with Crippen molar-refractivity contribution >= 4 is 16.9 Å². The fourth-order valence-electron chi connectivity index (χ4n) is 1.57. The molecule has 1 aromatic carbocycles. The van der Waals surface area contributed by atoms with Crippen LogP contribution in [0.25, 0.3) is 11.0 Å². The van der Waals surface area contributed by atoms with Gasteiger partial charge < -0.3 is 15.5 Å². The van der Waals surface area contributed by atoms with Crippen LogP contribution in [0.5, 0.6) is 0 Å². The summed E-state index contributed by atoms with van der Waals surface area (Å²) in [7, 11) is 0. The van der Waals surface area contributed by atoms with Gasteiger partial charge in [-0.3, -0.25) is 9.59 Å². The highest BCUT2D eigenvalue weighted by molar-refractivity contribution is 5.93. The first-order valence-electron chi connectivity index (χ1n) is 5.65. The molecular weight excluding hydrogens is 232 g/mol. The Morgan fingerprint density at radius 2 is 2.17 bits per heavy atom. The number of carbonyl (C=O) groups excluding carboxylic acids is 1. The average molecular weight is 246 g/mol. The number of fused-ring (bicyclic) bond motifs is 1. The van der Waals surface area contributed by atoms with E-state index in [9.17, 15) is 9.59 Å². The van der Waals surface area contributed by atoms with Gasteiger partial charge in [-0.25, -0.2) is 0 Å². The van der Waals surface area contributed by atoms with E-state index in [1.807, 2.05) is 0 Å². The van der Waals surface area contributed by atoms with Crippen molar-refractivity contribution in [3.63, 3.8) is 0 Å². The minimum atomic E-state index is -0.434. The van der Waals surface area contributed by atoms with Gasteiger partial charge in [-0.2, -0.15) is 0 Å². The molecular formula is C13H14N2O3. The molecule has 0 aliphatic rings. The van der Waals surface area contributed by atoms with Crippen molar-refractivity contribution in [3.05, 3.63) is 46.3 Å². The molecule has 2 rings (SSSR count). The lowest BCUT2D eigenvalue weighted by Crippen LogP contribution is -2.38. The van der Waals surface area contributed by atoms with Crippen molar-refractivity contribution < 1.29 is 9.21 Å². The highest BCUT2D eigenvalue weighted by Gasteiger charge is 2.13. The van der Waals surface area contributed by atoms with E-state index >= 15 is 0 Å². The van der Waals surface area contributed by atoms with E-state index in [2.05, 4.69) is 5.32 Å². The average Bonchev–Trinajstić information content (AvgIpc) is 2.38. The summed E-state index contributed by atoms with van der Waals surface area (Å²) in [6.45, 7) is 2.10. The summed E-state index contributed by atoms with van der Waals surface area (Å²) in [4.78, 5) is 23.6. The van der Waals surface area contributed by atoms with E-state index in [4.69, 9.17) is 10.2 Å². The van der Waals surface area contributed by atoms with Crippen LogP contribution in [-0.2, 0) is 0 Å². The highest BCUT2D eigenvalue weighted by Crippen LogP contribution is 2.11. The number of amides is 1. The van der Waals surface area contributed by atoms with E-state index in [1.54, 1.807) is 31.2 Å². The maximum atomic E-state index is 11.8. The lowest BCUT2D eigenvalue weighted by atomic mass is 10.2. The Balaban J connectivity index is 2.41. The first-order valence-corrected chi connectivity index (χ1v) is 5.65. The smallest absolute Gasteiger partial charge is 0.287 e. The molecule has 0 saturated heterocycles. The zero-order valence-corrected chi connectivity index (χ0v) is 9.97. The van der Waals surface area contributed by atoms with Crippen LogP contribution in [0.3, 0.4) is 0 Å². The molecule has 5 nitrogen and oxygen atoms in total. The number of benzene rings is 1. The van der Waals surface area contributed by atoms with Gasteiger partial charge in [0, 0.05) is 18.7 Å². The molecule has 1 atom stereocenters. The molecule has 0 aliphatic heterocycles. The quantitative estimate of drug-likeness (QED) is 0.841. The number of carbonyl (C=O) groups is 1. The lowest BCUT2D eigenvalue weighted by molar-refractivity contribution is 0.0914. The number of rotatable bonds is 3. The number of hydrogen-bond donors (Lipinski definition) is 2. The zero-order chi connectivity index (χ0) is 13.1. The lowest BCUT2D eigenvalue weighted by Gasteiger charge is -2.10. The van der Waals surface area contributed by atoms with Gasteiger partial charge in [-0.05, 0) is 19.1 Å². The van der Waals surface area contributed by atoms with Gasteiger partial charge >= 0.3 is 0 Å². The van der Waals surface area contributed by atoms with Gasteiger partial charge in [-0.1, -0.05) is 12.1 Å². The molecule has 0 aliphatic carbocycles. The third kappa shape index (κ3) is 2.41. The van der Waals surface area contributed by atoms with Gasteiger partial charge in [0.1, 0.15) is 5.58 Å². The van der Waals surface area contributed by atoms with Gasteiger partial charge in [0.05, 0.1) is 5.39 Å². The number of nitrogens with one attached hydrogen (secondary N) is 1. The van der Waals surface area contributed by atoms with Gasteiger partial charge in [0.15, 0.2) is 11.2 Å². The maximum absolute atomic E-state index is 11.8. The van der Waals surface area contributed by atoms with Crippen LogP contribution < -0.4 is 16.5 Å². The standard InChI is InChI=1S/C13H14N2O3/c1-8(7-14)15-13(17)12-6-10(16)9-4-2-3-5-11(9)18-12/h2-6,8H,7,14H2,1H3,(H,15,17)/t8-/m1/s1. The Morgan fingerprint density at radius 3 is 2.89 bits per heavy atom.